The number of aliphatic hydroxyl groups excluding tert-OH is 1. The van der Waals surface area contributed by atoms with Crippen molar-refractivity contribution in [3.63, 3.8) is 0 Å². The molecule has 4 atom stereocenters. The maximum Gasteiger partial charge on any atom is 0.516 e. The molecule has 0 saturated heterocycles. The Balaban J connectivity index is 0.000000409. The Labute approximate surface area is 416 Å². The van der Waals surface area contributed by atoms with E-state index < -0.39 is 53.3 Å². The van der Waals surface area contributed by atoms with E-state index in [0.29, 0.717) is 32.7 Å². The summed E-state index contributed by atoms with van der Waals surface area (Å²) in [6.07, 6.45) is 2.96. The van der Waals surface area contributed by atoms with Gasteiger partial charge < -0.3 is 59.5 Å². The third kappa shape index (κ3) is 24.6. The molecule has 2 aromatic carbocycles. The number of carbonyl (C=O) groups is 6. The Bertz CT molecular complexity index is 2090. The van der Waals surface area contributed by atoms with Crippen LogP contribution < -0.4 is 30.7 Å². The van der Waals surface area contributed by atoms with Gasteiger partial charge in [0.15, 0.2) is 6.79 Å². The van der Waals surface area contributed by atoms with Crippen molar-refractivity contribution in [2.75, 3.05) is 39.9 Å². The molecule has 0 aliphatic heterocycles. The summed E-state index contributed by atoms with van der Waals surface area (Å²) in [5, 5.41) is 40.6. The number of hydrogen-bond acceptors (Lipinski definition) is 18. The summed E-state index contributed by atoms with van der Waals surface area (Å²) in [6.45, 7) is 16.7. The van der Waals surface area contributed by atoms with E-state index in [0.717, 1.165) is 44.9 Å². The monoisotopic (exact) mass is 1030 g/mol. The van der Waals surface area contributed by atoms with Crippen LogP contribution in [0, 0.1) is 41.9 Å². The molecule has 71 heavy (non-hydrogen) atoms. The third-order valence-electron chi connectivity index (χ3n) is 10.8. The zero-order valence-corrected chi connectivity index (χ0v) is 42.1. The lowest BCUT2D eigenvalue weighted by molar-refractivity contribution is -0.385. The highest BCUT2D eigenvalue weighted by atomic mass is 35.5. The number of nitrogens with one attached hydrogen (secondary N) is 4. The van der Waals surface area contributed by atoms with Crippen LogP contribution >= 0.6 is 11.6 Å². The number of halogens is 1. The van der Waals surface area contributed by atoms with Crippen molar-refractivity contribution in [1.82, 2.24) is 21.3 Å². The van der Waals surface area contributed by atoms with Crippen LogP contribution in [0.2, 0.25) is 0 Å². The summed E-state index contributed by atoms with van der Waals surface area (Å²) in [5.41, 5.74) is -1.70. The molecule has 2 aliphatic rings. The summed E-state index contributed by atoms with van der Waals surface area (Å²) in [5.74, 6) is 0.213. The number of alkyl carbamates (subject to hydrolysis) is 4. The van der Waals surface area contributed by atoms with Gasteiger partial charge in [0, 0.05) is 61.0 Å². The number of non-ortho nitro benzene ring substituents is 2. The molecule has 2 aliphatic carbocycles. The second-order valence-electron chi connectivity index (χ2n) is 19.2. The zero-order chi connectivity index (χ0) is 53.4. The Morgan fingerprint density at radius 1 is 0.606 bits per heavy atom. The van der Waals surface area contributed by atoms with Gasteiger partial charge >= 0.3 is 36.0 Å². The van der Waals surface area contributed by atoms with Crippen molar-refractivity contribution < 1.29 is 76.9 Å². The lowest BCUT2D eigenvalue weighted by Crippen LogP contribution is -2.50. The van der Waals surface area contributed by atoms with Crippen LogP contribution in [0.3, 0.4) is 0 Å². The Morgan fingerprint density at radius 3 is 1.37 bits per heavy atom. The van der Waals surface area contributed by atoms with Gasteiger partial charge in [-0.15, -0.1) is 0 Å². The smallest absolute Gasteiger partial charge is 0.450 e. The van der Waals surface area contributed by atoms with Crippen LogP contribution in [-0.4, -0.2) is 103 Å². The summed E-state index contributed by atoms with van der Waals surface area (Å²) in [6, 6.07) is 9.76. The van der Waals surface area contributed by atoms with Gasteiger partial charge in [-0.25, -0.2) is 28.8 Å². The molecular weight excluding hydrogens is 960 g/mol. The van der Waals surface area contributed by atoms with E-state index in [1.807, 2.05) is 20.8 Å². The van der Waals surface area contributed by atoms with Crippen molar-refractivity contribution in [3.8, 4) is 11.5 Å². The number of carbonyl (C=O) groups excluding carboxylic acids is 6. The average molecular weight is 1030 g/mol. The van der Waals surface area contributed by atoms with E-state index in [1.54, 1.807) is 0 Å². The van der Waals surface area contributed by atoms with E-state index in [-0.39, 0.29) is 62.7 Å². The first kappa shape index (κ1) is 60.4. The molecule has 0 spiro atoms. The fourth-order valence-electron chi connectivity index (χ4n) is 8.90. The van der Waals surface area contributed by atoms with Crippen molar-refractivity contribution in [2.24, 2.45) is 21.7 Å². The van der Waals surface area contributed by atoms with Crippen LogP contribution in [0.1, 0.15) is 107 Å². The first-order valence-corrected chi connectivity index (χ1v) is 23.1. The summed E-state index contributed by atoms with van der Waals surface area (Å²) in [4.78, 5) is 88.9. The molecule has 5 N–H and O–H groups in total. The van der Waals surface area contributed by atoms with Crippen LogP contribution in [0.4, 0.5) is 40.1 Å². The summed E-state index contributed by atoms with van der Waals surface area (Å²) < 4.78 is 33.6. The minimum Gasteiger partial charge on any atom is -0.450 e. The standard InChI is InChI=1S/C23H33N3O9.C16H30N2O5.C7H4ClNO4/c1-5-10-32-20(28)25-16-11-22(2,3)13-23(4,12-16)14-24-19(27)33-15-34-21(29)35-18-8-6-17(7-9-18)26(30)31;1-5-6-22-14(21)18-12-7-15(2,3)9-16(4,8-12)10-17-13(20)23-11-19;8-7(10)13-6-3-1-5(2-4-6)9(11)12/h6-9,16H,5,10-15H2,1-4H3,(H,24,27)(H,25,28);12,19H,5-11H2,1-4H3,(H,17,20)(H,18,21);1-4H. The Kier molecular flexibility index (Phi) is 24.6. The van der Waals surface area contributed by atoms with Gasteiger partial charge in [0.05, 0.1) is 23.1 Å². The molecular formula is C46H67ClN6O18. The maximum atomic E-state index is 12.1. The summed E-state index contributed by atoms with van der Waals surface area (Å²) in [7, 11) is 0. The van der Waals surface area contributed by atoms with Gasteiger partial charge in [0.2, 0.25) is 6.79 Å². The Hall–Kier alpha value is -6.69. The molecule has 4 unspecified atom stereocenters. The van der Waals surface area contributed by atoms with Crippen LogP contribution in [0.25, 0.3) is 0 Å². The first-order valence-electron chi connectivity index (χ1n) is 22.7. The largest absolute Gasteiger partial charge is 0.516 e. The molecule has 2 saturated carbocycles. The third-order valence-corrected chi connectivity index (χ3v) is 10.9. The van der Waals surface area contributed by atoms with E-state index in [1.165, 1.54) is 48.5 Å². The second-order valence-corrected chi connectivity index (χ2v) is 19.5. The molecule has 0 radical (unpaired) electrons. The van der Waals surface area contributed by atoms with Crippen LogP contribution in [0.15, 0.2) is 48.5 Å². The van der Waals surface area contributed by atoms with Crippen LogP contribution in [-0.2, 0) is 23.7 Å². The molecule has 4 rings (SSSR count). The number of benzene rings is 2. The van der Waals surface area contributed by atoms with Gasteiger partial charge in [-0.1, -0.05) is 55.4 Å². The number of amides is 4. The van der Waals surface area contributed by atoms with Gasteiger partial charge in [0.1, 0.15) is 11.5 Å². The van der Waals surface area contributed by atoms with Crippen molar-refractivity contribution >= 4 is 58.9 Å². The predicted octanol–water partition coefficient (Wildman–Crippen LogP) is 9.23. The number of nitrogens with zero attached hydrogens (tertiary/aromatic N) is 2. The number of aliphatic hydroxyl groups is 1. The van der Waals surface area contributed by atoms with Gasteiger partial charge in [-0.3, -0.25) is 20.2 Å². The van der Waals surface area contributed by atoms with Crippen molar-refractivity contribution in [2.45, 2.75) is 119 Å². The second kappa shape index (κ2) is 28.8. The number of hydrogen-bond donors (Lipinski definition) is 5. The topological polar surface area (TPSA) is 322 Å². The molecule has 4 amide bonds. The van der Waals surface area contributed by atoms with Gasteiger partial charge in [0.25, 0.3) is 11.4 Å². The minimum absolute atomic E-state index is 0.00349. The fourth-order valence-corrected chi connectivity index (χ4v) is 8.99. The Morgan fingerprint density at radius 2 is 1.00 bits per heavy atom. The highest BCUT2D eigenvalue weighted by molar-refractivity contribution is 6.61. The van der Waals surface area contributed by atoms with E-state index >= 15 is 0 Å². The molecule has 24 nitrogen and oxygen atoms in total. The average Bonchev–Trinajstić information content (AvgIpc) is 3.25. The normalized spacial score (nSPS) is 20.4. The molecule has 0 heterocycles. The highest BCUT2D eigenvalue weighted by Crippen LogP contribution is 2.47. The lowest BCUT2D eigenvalue weighted by atomic mass is 9.62. The molecule has 2 fully saturated rings. The number of rotatable bonds is 17. The molecule has 2 aromatic rings. The summed E-state index contributed by atoms with van der Waals surface area (Å²) >= 11 is 4.92. The first-order chi connectivity index (χ1) is 33.2. The minimum atomic E-state index is -1.13. The van der Waals surface area contributed by atoms with Crippen molar-refractivity contribution in [3.05, 3.63) is 68.8 Å². The maximum absolute atomic E-state index is 12.1. The molecule has 0 bridgehead atoms. The van der Waals surface area contributed by atoms with E-state index in [4.69, 9.17) is 40.4 Å². The zero-order valence-electron chi connectivity index (χ0n) is 41.3. The lowest BCUT2D eigenvalue weighted by Gasteiger charge is -2.46. The predicted molar refractivity (Wildman–Crippen MR) is 255 cm³/mol. The molecule has 0 aromatic heterocycles. The van der Waals surface area contributed by atoms with Crippen molar-refractivity contribution in [1.29, 1.82) is 0 Å². The van der Waals surface area contributed by atoms with Gasteiger partial charge in [-0.05, 0) is 97.3 Å². The van der Waals surface area contributed by atoms with Crippen LogP contribution in [0.5, 0.6) is 11.5 Å². The molecule has 25 heteroatoms. The van der Waals surface area contributed by atoms with Gasteiger partial charge in [-0.2, -0.15) is 0 Å². The number of nitro groups is 2. The quantitative estimate of drug-likeness (QED) is 0.0187. The fraction of sp³-hybridized carbons (Fsp3) is 0.609. The van der Waals surface area contributed by atoms with E-state index in [9.17, 15) is 49.0 Å². The van der Waals surface area contributed by atoms with E-state index in [2.05, 4.69) is 65.4 Å². The molecule has 396 valence electrons. The SMILES string of the molecule is CCCOC(=O)NC1CC(C)(C)CC(C)(CNC(=O)OCO)C1.CCCOC(=O)NC1CC(C)(C)CC(C)(CNC(=O)OCOC(=O)Oc2ccc([N+](=O)[O-])cc2)C1.O=C(Cl)Oc1ccc([N+](=O)[O-])cc1. The number of ether oxygens (including phenoxy) is 7. The number of nitro benzene ring substituents is 2. The highest BCUT2D eigenvalue weighted by Gasteiger charge is 2.43.